The van der Waals surface area contributed by atoms with E-state index in [1.165, 1.54) is 11.3 Å². The zero-order chi connectivity index (χ0) is 19.5. The van der Waals surface area contributed by atoms with Gasteiger partial charge in [0.05, 0.1) is 11.3 Å². The van der Waals surface area contributed by atoms with Crippen LogP contribution in [0.2, 0.25) is 0 Å². The fourth-order valence-corrected chi connectivity index (χ4v) is 3.75. The first-order valence-electron chi connectivity index (χ1n) is 8.25. The SMILES string of the molecule is N#C/C(=C\Nc1ccc(I)cc1)c1nc(-c2cc3ccccc3oc2=O)cs1. The molecule has 2 aromatic heterocycles. The first-order valence-corrected chi connectivity index (χ1v) is 10.2. The van der Waals surface area contributed by atoms with E-state index in [4.69, 9.17) is 4.42 Å². The highest BCUT2D eigenvalue weighted by Gasteiger charge is 2.13. The maximum absolute atomic E-state index is 12.3. The summed E-state index contributed by atoms with van der Waals surface area (Å²) >= 11 is 3.54. The summed E-state index contributed by atoms with van der Waals surface area (Å²) in [7, 11) is 0. The summed E-state index contributed by atoms with van der Waals surface area (Å²) in [6, 6.07) is 19.1. The molecule has 5 nitrogen and oxygen atoms in total. The van der Waals surface area contributed by atoms with Crippen molar-refractivity contribution in [1.82, 2.24) is 4.98 Å². The number of halogens is 1. The molecule has 0 aliphatic heterocycles. The van der Waals surface area contributed by atoms with Crippen molar-refractivity contribution >= 4 is 56.2 Å². The average molecular weight is 497 g/mol. The van der Waals surface area contributed by atoms with Crippen LogP contribution in [0, 0.1) is 14.9 Å². The number of hydrogen-bond acceptors (Lipinski definition) is 6. The molecule has 0 atom stereocenters. The summed E-state index contributed by atoms with van der Waals surface area (Å²) in [4.78, 5) is 16.8. The van der Waals surface area contributed by atoms with E-state index in [2.05, 4.69) is 39.0 Å². The third-order valence-electron chi connectivity index (χ3n) is 4.00. The number of fused-ring (bicyclic) bond motifs is 1. The minimum atomic E-state index is -0.449. The predicted molar refractivity (Wildman–Crippen MR) is 120 cm³/mol. The largest absolute Gasteiger partial charge is 0.422 e. The van der Waals surface area contributed by atoms with Crippen molar-refractivity contribution in [3.05, 3.63) is 85.2 Å². The monoisotopic (exact) mass is 497 g/mol. The van der Waals surface area contributed by atoms with E-state index in [-0.39, 0.29) is 0 Å². The van der Waals surface area contributed by atoms with Gasteiger partial charge in [-0.3, -0.25) is 0 Å². The Kier molecular flexibility index (Phi) is 5.23. The Bertz CT molecular complexity index is 1280. The van der Waals surface area contributed by atoms with E-state index in [9.17, 15) is 10.1 Å². The molecule has 136 valence electrons. The van der Waals surface area contributed by atoms with Crippen LogP contribution in [-0.2, 0) is 0 Å². The van der Waals surface area contributed by atoms with Crippen LogP contribution in [0.1, 0.15) is 5.01 Å². The Morgan fingerprint density at radius 3 is 2.79 bits per heavy atom. The van der Waals surface area contributed by atoms with Crippen LogP contribution in [0.5, 0.6) is 0 Å². The van der Waals surface area contributed by atoms with Crippen LogP contribution in [0.15, 0.2) is 75.4 Å². The first kappa shape index (κ1) is 18.4. The second-order valence-electron chi connectivity index (χ2n) is 5.84. The number of nitrogens with one attached hydrogen (secondary N) is 1. The van der Waals surface area contributed by atoms with Crippen LogP contribution in [0.25, 0.3) is 27.8 Å². The molecular weight excluding hydrogens is 485 g/mol. The van der Waals surface area contributed by atoms with Gasteiger partial charge in [0.15, 0.2) is 0 Å². The Labute approximate surface area is 178 Å². The fraction of sp³-hybridized carbons (Fsp3) is 0. The lowest BCUT2D eigenvalue weighted by Crippen LogP contribution is -2.02. The Balaban J connectivity index is 1.65. The third-order valence-corrected chi connectivity index (χ3v) is 5.59. The molecule has 0 saturated heterocycles. The Hall–Kier alpha value is -2.96. The maximum atomic E-state index is 12.3. The molecule has 4 aromatic rings. The van der Waals surface area contributed by atoms with Gasteiger partial charge in [-0.1, -0.05) is 18.2 Å². The molecule has 4 rings (SSSR count). The van der Waals surface area contributed by atoms with Crippen molar-refractivity contribution in [3.8, 4) is 17.3 Å². The molecule has 0 aliphatic carbocycles. The van der Waals surface area contributed by atoms with E-state index in [0.717, 1.165) is 14.6 Å². The van der Waals surface area contributed by atoms with E-state index in [0.29, 0.717) is 27.4 Å². The van der Waals surface area contributed by atoms with Crippen molar-refractivity contribution in [3.63, 3.8) is 0 Å². The predicted octanol–water partition coefficient (Wildman–Crippen LogP) is 5.50. The molecule has 7 heteroatoms. The van der Waals surface area contributed by atoms with Gasteiger partial charge >= 0.3 is 5.63 Å². The summed E-state index contributed by atoms with van der Waals surface area (Å²) < 4.78 is 6.51. The minimum Gasteiger partial charge on any atom is -0.422 e. The van der Waals surface area contributed by atoms with Crippen LogP contribution < -0.4 is 10.9 Å². The molecule has 28 heavy (non-hydrogen) atoms. The lowest BCUT2D eigenvalue weighted by Gasteiger charge is -2.01. The lowest BCUT2D eigenvalue weighted by atomic mass is 10.1. The summed E-state index contributed by atoms with van der Waals surface area (Å²) in [5, 5.41) is 15.7. The molecular formula is C21H12IN3O2S. The Morgan fingerprint density at radius 2 is 2.00 bits per heavy atom. The van der Waals surface area contributed by atoms with Crippen LogP contribution in [-0.4, -0.2) is 4.98 Å². The van der Waals surface area contributed by atoms with E-state index in [1.54, 1.807) is 23.7 Å². The minimum absolute atomic E-state index is 0.379. The number of thiazole rings is 1. The van der Waals surface area contributed by atoms with E-state index in [1.807, 2.05) is 42.5 Å². The highest BCUT2D eigenvalue weighted by Crippen LogP contribution is 2.26. The second kappa shape index (κ2) is 7.96. The van der Waals surface area contributed by atoms with Crippen molar-refractivity contribution < 1.29 is 4.42 Å². The van der Waals surface area contributed by atoms with Crippen molar-refractivity contribution in [1.29, 1.82) is 5.26 Å². The number of allylic oxidation sites excluding steroid dienone is 1. The number of benzene rings is 2. The highest BCUT2D eigenvalue weighted by atomic mass is 127. The zero-order valence-electron chi connectivity index (χ0n) is 14.3. The summed E-state index contributed by atoms with van der Waals surface area (Å²) in [5.41, 5.74) is 2.22. The van der Waals surface area contributed by atoms with Crippen LogP contribution in [0.4, 0.5) is 5.69 Å². The van der Waals surface area contributed by atoms with Gasteiger partial charge in [-0.25, -0.2) is 9.78 Å². The van der Waals surface area contributed by atoms with Gasteiger partial charge in [-0.2, -0.15) is 5.26 Å². The van der Waals surface area contributed by atoms with Gasteiger partial charge < -0.3 is 9.73 Å². The van der Waals surface area contributed by atoms with Crippen molar-refractivity contribution in [2.75, 3.05) is 5.32 Å². The van der Waals surface area contributed by atoms with Crippen LogP contribution in [0.3, 0.4) is 0 Å². The highest BCUT2D eigenvalue weighted by molar-refractivity contribution is 14.1. The summed E-state index contributed by atoms with van der Waals surface area (Å²) in [6.07, 6.45) is 1.62. The molecule has 0 saturated carbocycles. The molecule has 0 amide bonds. The molecule has 0 unspecified atom stereocenters. The Morgan fingerprint density at radius 1 is 1.21 bits per heavy atom. The molecule has 2 aromatic carbocycles. The average Bonchev–Trinajstić information content (AvgIpc) is 3.19. The van der Waals surface area contributed by atoms with Gasteiger partial charge in [-0.15, -0.1) is 11.3 Å². The lowest BCUT2D eigenvalue weighted by molar-refractivity contribution is 0.563. The van der Waals surface area contributed by atoms with Gasteiger partial charge in [0, 0.05) is 26.2 Å². The number of rotatable bonds is 4. The number of nitriles is 1. The number of aromatic nitrogens is 1. The van der Waals surface area contributed by atoms with Gasteiger partial charge in [-0.05, 0) is 59.0 Å². The summed E-state index contributed by atoms with van der Waals surface area (Å²) in [6.45, 7) is 0. The zero-order valence-corrected chi connectivity index (χ0v) is 17.3. The fourth-order valence-electron chi connectivity index (χ4n) is 2.61. The summed E-state index contributed by atoms with van der Waals surface area (Å²) in [5.74, 6) is 0. The van der Waals surface area contributed by atoms with Crippen LogP contribution >= 0.6 is 33.9 Å². The van der Waals surface area contributed by atoms with E-state index < -0.39 is 5.63 Å². The van der Waals surface area contributed by atoms with Crippen molar-refractivity contribution in [2.45, 2.75) is 0 Å². The number of hydrogen-bond donors (Lipinski definition) is 1. The first-order chi connectivity index (χ1) is 13.6. The standard InChI is InChI=1S/C21H12IN3O2S/c22-15-5-7-16(8-6-15)24-11-14(10-23)20-25-18(12-28-20)17-9-13-3-1-2-4-19(13)27-21(17)26/h1-9,11-12,24H/b14-11+. The molecule has 0 bridgehead atoms. The van der Waals surface area contributed by atoms with Crippen molar-refractivity contribution in [2.24, 2.45) is 0 Å². The number of nitrogens with zero attached hydrogens (tertiary/aromatic N) is 2. The maximum Gasteiger partial charge on any atom is 0.345 e. The van der Waals surface area contributed by atoms with Gasteiger partial charge in [0.2, 0.25) is 0 Å². The normalized spacial score (nSPS) is 11.4. The quantitative estimate of drug-likeness (QED) is 0.229. The number of para-hydroxylation sites is 1. The molecule has 1 N–H and O–H groups in total. The second-order valence-corrected chi connectivity index (χ2v) is 7.95. The molecule has 0 spiro atoms. The molecule has 0 fully saturated rings. The molecule has 0 radical (unpaired) electrons. The van der Waals surface area contributed by atoms with Gasteiger partial charge in [0.25, 0.3) is 0 Å². The third kappa shape index (κ3) is 3.83. The topological polar surface area (TPSA) is 78.9 Å². The van der Waals surface area contributed by atoms with E-state index >= 15 is 0 Å². The molecule has 0 aliphatic rings. The van der Waals surface area contributed by atoms with Gasteiger partial charge in [0.1, 0.15) is 22.2 Å². The molecule has 2 heterocycles. The smallest absolute Gasteiger partial charge is 0.345 e. The number of anilines is 1.